The number of aliphatic hydroxyl groups is 1. The number of aliphatic hydroxyl groups excluding tert-OH is 1. The van der Waals surface area contributed by atoms with Crippen LogP contribution in [0.1, 0.15) is 375 Å². The highest BCUT2D eigenvalue weighted by atomic mass is 31.2. The number of hydrogen-bond acceptors (Lipinski definition) is 15. The first-order valence-electron chi connectivity index (χ1n) is 38.0. The van der Waals surface area contributed by atoms with Gasteiger partial charge in [-0.2, -0.15) is 0 Å². The van der Waals surface area contributed by atoms with Gasteiger partial charge in [-0.1, -0.05) is 324 Å². The molecular formula is C73H142O17P2. The number of phosphoric acid groups is 2. The molecule has 546 valence electrons. The van der Waals surface area contributed by atoms with E-state index in [1.807, 2.05) is 0 Å². The quantitative estimate of drug-likeness (QED) is 0.0222. The smallest absolute Gasteiger partial charge is 0.462 e. The van der Waals surface area contributed by atoms with Crippen LogP contribution in [0.5, 0.6) is 0 Å². The van der Waals surface area contributed by atoms with Gasteiger partial charge < -0.3 is 33.8 Å². The predicted molar refractivity (Wildman–Crippen MR) is 372 cm³/mol. The van der Waals surface area contributed by atoms with E-state index in [0.717, 1.165) is 108 Å². The molecule has 0 heterocycles. The van der Waals surface area contributed by atoms with Gasteiger partial charge in [0.1, 0.15) is 19.3 Å². The molecule has 92 heavy (non-hydrogen) atoms. The van der Waals surface area contributed by atoms with Crippen LogP contribution in [0.3, 0.4) is 0 Å². The number of unbranched alkanes of at least 4 members (excludes halogenated alkanes) is 42. The molecule has 0 aromatic heterocycles. The van der Waals surface area contributed by atoms with Crippen LogP contribution in [0.4, 0.5) is 0 Å². The Bertz CT molecular complexity index is 1790. The Kier molecular flexibility index (Phi) is 63.7. The summed E-state index contributed by atoms with van der Waals surface area (Å²) in [7, 11) is -9.90. The number of ether oxygens (including phenoxy) is 4. The predicted octanol–water partition coefficient (Wildman–Crippen LogP) is 21.2. The summed E-state index contributed by atoms with van der Waals surface area (Å²) in [5.41, 5.74) is 0. The first-order valence-corrected chi connectivity index (χ1v) is 41.0. The highest BCUT2D eigenvalue weighted by Gasteiger charge is 2.30. The molecule has 0 amide bonds. The van der Waals surface area contributed by atoms with Crippen molar-refractivity contribution in [2.45, 2.75) is 394 Å². The fraction of sp³-hybridized carbons (Fsp3) is 0.945. The van der Waals surface area contributed by atoms with Gasteiger partial charge >= 0.3 is 39.5 Å². The Morgan fingerprint density at radius 1 is 0.293 bits per heavy atom. The molecule has 0 saturated heterocycles. The Morgan fingerprint density at radius 2 is 0.500 bits per heavy atom. The normalized spacial score (nSPS) is 14.1. The molecule has 0 aliphatic rings. The van der Waals surface area contributed by atoms with E-state index >= 15 is 0 Å². The van der Waals surface area contributed by atoms with Crippen LogP contribution in [0.15, 0.2) is 0 Å². The van der Waals surface area contributed by atoms with E-state index in [-0.39, 0.29) is 25.7 Å². The van der Waals surface area contributed by atoms with Crippen molar-refractivity contribution in [1.82, 2.24) is 0 Å². The van der Waals surface area contributed by atoms with Crippen molar-refractivity contribution >= 4 is 39.5 Å². The lowest BCUT2D eigenvalue weighted by molar-refractivity contribution is -0.161. The monoisotopic (exact) mass is 1350 g/mol. The number of phosphoric ester groups is 2. The van der Waals surface area contributed by atoms with E-state index in [2.05, 4.69) is 41.5 Å². The van der Waals surface area contributed by atoms with Gasteiger partial charge in [-0.25, -0.2) is 9.13 Å². The molecule has 0 aliphatic carbocycles. The molecule has 17 nitrogen and oxygen atoms in total. The summed E-state index contributed by atoms with van der Waals surface area (Å²) in [6.07, 6.45) is 51.7. The van der Waals surface area contributed by atoms with Gasteiger partial charge in [0.15, 0.2) is 12.2 Å². The van der Waals surface area contributed by atoms with Gasteiger partial charge in [0.05, 0.1) is 26.4 Å². The zero-order chi connectivity index (χ0) is 67.9. The van der Waals surface area contributed by atoms with E-state index in [0.29, 0.717) is 25.7 Å². The molecule has 0 spiro atoms. The number of rotatable bonds is 72. The van der Waals surface area contributed by atoms with E-state index in [9.17, 15) is 43.2 Å². The Balaban J connectivity index is 5.15. The lowest BCUT2D eigenvalue weighted by Crippen LogP contribution is -2.30. The Hall–Kier alpha value is -1.94. The molecule has 0 fully saturated rings. The average molecular weight is 1350 g/mol. The lowest BCUT2D eigenvalue weighted by atomic mass is 10.0. The van der Waals surface area contributed by atoms with Crippen molar-refractivity contribution in [3.63, 3.8) is 0 Å². The van der Waals surface area contributed by atoms with Crippen LogP contribution >= 0.6 is 15.6 Å². The summed E-state index contributed by atoms with van der Waals surface area (Å²) in [5.74, 6) is -0.536. The zero-order valence-corrected chi connectivity index (χ0v) is 61.6. The highest BCUT2D eigenvalue weighted by molar-refractivity contribution is 7.47. The fourth-order valence-corrected chi connectivity index (χ4v) is 12.7. The van der Waals surface area contributed by atoms with E-state index in [1.165, 1.54) is 186 Å². The summed E-state index contributed by atoms with van der Waals surface area (Å²) < 4.78 is 68.2. The highest BCUT2D eigenvalue weighted by Crippen LogP contribution is 2.45. The maximum atomic E-state index is 13.0. The van der Waals surface area contributed by atoms with Crippen LogP contribution in [-0.4, -0.2) is 96.7 Å². The van der Waals surface area contributed by atoms with Gasteiger partial charge in [0.2, 0.25) is 0 Å². The molecule has 19 heteroatoms. The summed E-state index contributed by atoms with van der Waals surface area (Å²) in [6, 6.07) is 0. The third-order valence-corrected chi connectivity index (χ3v) is 18.9. The molecule has 0 saturated carbocycles. The van der Waals surface area contributed by atoms with Crippen molar-refractivity contribution in [3.8, 4) is 0 Å². The SMILES string of the molecule is CCCCCCCCCCCCCCCC(=O)O[C@H](COC(=O)CCCCCCC)COP(=O)(O)OC[C@H](O)COP(=O)(O)OC[C@@H](COC(=O)CCCCCCCCCCCCCCCC(C)C)OC(=O)CCCCCCCCCCCCCCCCCC(C)C. The molecule has 5 atom stereocenters. The van der Waals surface area contributed by atoms with Gasteiger partial charge in [-0.15, -0.1) is 0 Å². The summed E-state index contributed by atoms with van der Waals surface area (Å²) >= 11 is 0. The molecule has 2 unspecified atom stereocenters. The van der Waals surface area contributed by atoms with Crippen molar-refractivity contribution in [1.29, 1.82) is 0 Å². The third kappa shape index (κ3) is 66.7. The minimum absolute atomic E-state index is 0.107. The molecular weight excluding hydrogens is 1210 g/mol. The Morgan fingerprint density at radius 3 is 0.739 bits per heavy atom. The molecule has 0 aliphatic heterocycles. The van der Waals surface area contributed by atoms with Crippen LogP contribution in [-0.2, 0) is 65.4 Å². The van der Waals surface area contributed by atoms with Gasteiger partial charge in [0, 0.05) is 25.7 Å². The lowest BCUT2D eigenvalue weighted by Gasteiger charge is -2.21. The average Bonchev–Trinajstić information content (AvgIpc) is 1.44. The standard InChI is InChI=1S/C73H142O17P2/c1-7-9-11-13-14-15-16-21-29-34-39-45-51-57-72(77)89-68(61-83-70(75)55-49-41-12-10-8-2)63-87-91(79,80)85-59-67(74)60-86-92(81,82)88-64-69(62-84-71(76)56-50-44-38-33-28-25-20-23-27-32-37-43-48-54-66(5)6)90-73(78)58-52-46-40-35-30-24-19-17-18-22-26-31-36-42-47-53-65(3)4/h65-69,74H,7-64H2,1-6H3,(H,79,80)(H,81,82)/t67-,68+,69+/m0/s1. The maximum absolute atomic E-state index is 13.0. The molecule has 0 aromatic carbocycles. The van der Waals surface area contributed by atoms with Crippen molar-refractivity contribution in [2.75, 3.05) is 39.6 Å². The van der Waals surface area contributed by atoms with Crippen molar-refractivity contribution in [3.05, 3.63) is 0 Å². The minimum atomic E-state index is -4.95. The summed E-state index contributed by atoms with van der Waals surface area (Å²) in [5, 5.41) is 10.6. The second kappa shape index (κ2) is 65.0. The Labute approximate surface area is 562 Å². The molecule has 0 radical (unpaired) electrons. The van der Waals surface area contributed by atoms with Crippen LogP contribution in [0.2, 0.25) is 0 Å². The number of carbonyl (C=O) groups excluding carboxylic acids is 4. The molecule has 0 rings (SSSR count). The maximum Gasteiger partial charge on any atom is 0.472 e. The van der Waals surface area contributed by atoms with Crippen LogP contribution < -0.4 is 0 Å². The number of carbonyl (C=O) groups is 4. The first kappa shape index (κ1) is 90.1. The van der Waals surface area contributed by atoms with Gasteiger partial charge in [0.25, 0.3) is 0 Å². The first-order chi connectivity index (χ1) is 44.4. The second-order valence-corrected chi connectivity index (χ2v) is 30.2. The number of esters is 4. The summed E-state index contributed by atoms with van der Waals surface area (Å²) in [6.45, 7) is 9.54. The van der Waals surface area contributed by atoms with E-state index in [4.69, 9.17) is 37.0 Å². The molecule has 0 aromatic rings. The number of hydrogen-bond donors (Lipinski definition) is 3. The zero-order valence-electron chi connectivity index (χ0n) is 59.9. The van der Waals surface area contributed by atoms with Crippen LogP contribution in [0, 0.1) is 11.8 Å². The van der Waals surface area contributed by atoms with Crippen LogP contribution in [0.25, 0.3) is 0 Å². The summed E-state index contributed by atoms with van der Waals surface area (Å²) in [4.78, 5) is 72.4. The molecule has 3 N–H and O–H groups in total. The van der Waals surface area contributed by atoms with Gasteiger partial charge in [-0.05, 0) is 37.5 Å². The largest absolute Gasteiger partial charge is 0.472 e. The van der Waals surface area contributed by atoms with E-state index < -0.39 is 97.5 Å². The van der Waals surface area contributed by atoms with Gasteiger partial charge in [-0.3, -0.25) is 37.3 Å². The van der Waals surface area contributed by atoms with Crippen molar-refractivity contribution < 1.29 is 80.2 Å². The third-order valence-electron chi connectivity index (χ3n) is 17.0. The minimum Gasteiger partial charge on any atom is -0.462 e. The second-order valence-electron chi connectivity index (χ2n) is 27.3. The molecule has 0 bridgehead atoms. The topological polar surface area (TPSA) is 237 Å². The fourth-order valence-electron chi connectivity index (χ4n) is 11.1. The van der Waals surface area contributed by atoms with E-state index in [1.54, 1.807) is 0 Å². The van der Waals surface area contributed by atoms with Crippen molar-refractivity contribution in [2.24, 2.45) is 11.8 Å².